The molecule has 3 nitrogen and oxygen atoms in total. The topological polar surface area (TPSA) is 27.1 Å². The molecule has 0 spiro atoms. The maximum absolute atomic E-state index is 6.38. The molecule has 0 fully saturated rings. The SMILES string of the molecule is CC(CCc1ccc(Cl)cc1)(CCn1ccnc1)Oc1ccc(Cl)cc1. The van der Waals surface area contributed by atoms with E-state index in [1.807, 2.05) is 48.9 Å². The number of aromatic nitrogens is 2. The molecule has 0 aliphatic carbocycles. The van der Waals surface area contributed by atoms with Crippen molar-refractivity contribution < 1.29 is 4.74 Å². The van der Waals surface area contributed by atoms with E-state index in [0.29, 0.717) is 5.02 Å². The highest BCUT2D eigenvalue weighted by Crippen LogP contribution is 2.28. The van der Waals surface area contributed by atoms with Crippen LogP contribution in [0, 0.1) is 0 Å². The lowest BCUT2D eigenvalue weighted by Gasteiger charge is -2.31. The number of aryl methyl sites for hydroxylation is 2. The third-order valence-electron chi connectivity index (χ3n) is 4.49. The second-order valence-corrected chi connectivity index (χ2v) is 7.56. The highest BCUT2D eigenvalue weighted by atomic mass is 35.5. The fourth-order valence-electron chi connectivity index (χ4n) is 2.86. The highest BCUT2D eigenvalue weighted by Gasteiger charge is 2.26. The predicted octanol–water partition coefficient (Wildman–Crippen LogP) is 6.05. The first-order valence-electron chi connectivity index (χ1n) is 8.67. The van der Waals surface area contributed by atoms with E-state index in [9.17, 15) is 0 Å². The first-order chi connectivity index (χ1) is 12.5. The molecule has 1 heterocycles. The van der Waals surface area contributed by atoms with Crippen LogP contribution >= 0.6 is 23.2 Å². The summed E-state index contributed by atoms with van der Waals surface area (Å²) >= 11 is 12.0. The summed E-state index contributed by atoms with van der Waals surface area (Å²) in [5.41, 5.74) is 0.945. The van der Waals surface area contributed by atoms with E-state index in [1.165, 1.54) is 5.56 Å². The van der Waals surface area contributed by atoms with Crippen molar-refractivity contribution in [1.82, 2.24) is 9.55 Å². The molecule has 26 heavy (non-hydrogen) atoms. The Labute approximate surface area is 164 Å². The van der Waals surface area contributed by atoms with Gasteiger partial charge in [0.15, 0.2) is 0 Å². The van der Waals surface area contributed by atoms with Crippen molar-refractivity contribution >= 4 is 23.2 Å². The van der Waals surface area contributed by atoms with E-state index in [2.05, 4.69) is 28.6 Å². The third kappa shape index (κ3) is 5.52. The van der Waals surface area contributed by atoms with Crippen LogP contribution in [-0.2, 0) is 13.0 Å². The van der Waals surface area contributed by atoms with Crippen molar-refractivity contribution in [3.8, 4) is 5.75 Å². The van der Waals surface area contributed by atoms with E-state index < -0.39 is 0 Å². The van der Waals surface area contributed by atoms with E-state index >= 15 is 0 Å². The quantitative estimate of drug-likeness (QED) is 0.469. The number of halogens is 2. The van der Waals surface area contributed by atoms with Gasteiger partial charge in [-0.2, -0.15) is 0 Å². The summed E-state index contributed by atoms with van der Waals surface area (Å²) in [7, 11) is 0. The van der Waals surface area contributed by atoms with Gasteiger partial charge in [0.2, 0.25) is 0 Å². The van der Waals surface area contributed by atoms with Crippen molar-refractivity contribution in [2.75, 3.05) is 0 Å². The van der Waals surface area contributed by atoms with Crippen LogP contribution in [0.4, 0.5) is 0 Å². The lowest BCUT2D eigenvalue weighted by molar-refractivity contribution is 0.0652. The van der Waals surface area contributed by atoms with Crippen LogP contribution in [0.25, 0.3) is 0 Å². The summed E-state index contributed by atoms with van der Waals surface area (Å²) < 4.78 is 8.46. The Morgan fingerprint density at radius 1 is 0.962 bits per heavy atom. The molecule has 3 rings (SSSR count). The molecule has 5 heteroatoms. The number of imidazole rings is 1. The van der Waals surface area contributed by atoms with Gasteiger partial charge in [0.05, 0.1) is 6.33 Å². The molecule has 0 radical (unpaired) electrons. The summed E-state index contributed by atoms with van der Waals surface area (Å²) in [5, 5.41) is 1.47. The maximum Gasteiger partial charge on any atom is 0.120 e. The Morgan fingerprint density at radius 3 is 2.23 bits per heavy atom. The van der Waals surface area contributed by atoms with Crippen LogP contribution in [0.15, 0.2) is 67.3 Å². The van der Waals surface area contributed by atoms with Gasteiger partial charge in [-0.05, 0) is 61.7 Å². The van der Waals surface area contributed by atoms with Gasteiger partial charge in [-0.1, -0.05) is 35.3 Å². The van der Waals surface area contributed by atoms with Crippen molar-refractivity contribution in [2.24, 2.45) is 0 Å². The summed E-state index contributed by atoms with van der Waals surface area (Å²) in [4.78, 5) is 4.11. The molecule has 0 bridgehead atoms. The number of hydrogen-bond donors (Lipinski definition) is 0. The van der Waals surface area contributed by atoms with Crippen LogP contribution < -0.4 is 4.74 Å². The predicted molar refractivity (Wildman–Crippen MR) is 107 cm³/mol. The zero-order valence-electron chi connectivity index (χ0n) is 14.7. The summed E-state index contributed by atoms with van der Waals surface area (Å²) in [6.45, 7) is 3.01. The van der Waals surface area contributed by atoms with E-state index in [4.69, 9.17) is 27.9 Å². The van der Waals surface area contributed by atoms with Crippen molar-refractivity contribution in [3.05, 3.63) is 82.9 Å². The molecule has 0 amide bonds. The minimum absolute atomic E-state index is 0.308. The van der Waals surface area contributed by atoms with Gasteiger partial charge in [-0.25, -0.2) is 4.98 Å². The molecular weight excluding hydrogens is 367 g/mol. The fraction of sp³-hybridized carbons (Fsp3) is 0.286. The van der Waals surface area contributed by atoms with Crippen LogP contribution in [0.5, 0.6) is 5.75 Å². The van der Waals surface area contributed by atoms with E-state index in [-0.39, 0.29) is 5.60 Å². The number of benzene rings is 2. The monoisotopic (exact) mass is 388 g/mol. The minimum atomic E-state index is -0.308. The Balaban J connectivity index is 1.70. The van der Waals surface area contributed by atoms with Crippen molar-refractivity contribution in [1.29, 1.82) is 0 Å². The molecular formula is C21H22Cl2N2O. The van der Waals surface area contributed by atoms with Crippen LogP contribution in [-0.4, -0.2) is 15.2 Å². The zero-order chi connectivity index (χ0) is 18.4. The van der Waals surface area contributed by atoms with Crippen LogP contribution in [0.3, 0.4) is 0 Å². The smallest absolute Gasteiger partial charge is 0.120 e. The summed E-state index contributed by atoms with van der Waals surface area (Å²) in [6.07, 6.45) is 8.30. The van der Waals surface area contributed by atoms with Crippen LogP contribution in [0.1, 0.15) is 25.3 Å². The third-order valence-corrected chi connectivity index (χ3v) is 5.00. The van der Waals surface area contributed by atoms with E-state index in [1.54, 1.807) is 6.20 Å². The minimum Gasteiger partial charge on any atom is -0.488 e. The molecule has 1 atom stereocenters. The van der Waals surface area contributed by atoms with Gasteiger partial charge in [0.1, 0.15) is 11.4 Å². The lowest BCUT2D eigenvalue weighted by Crippen LogP contribution is -2.34. The second-order valence-electron chi connectivity index (χ2n) is 6.68. The molecule has 3 aromatic rings. The number of hydrogen-bond acceptors (Lipinski definition) is 2. The van der Waals surface area contributed by atoms with Gasteiger partial charge in [-0.15, -0.1) is 0 Å². The van der Waals surface area contributed by atoms with Gasteiger partial charge in [0, 0.05) is 35.4 Å². The normalized spacial score (nSPS) is 13.3. The van der Waals surface area contributed by atoms with Gasteiger partial charge in [0.25, 0.3) is 0 Å². The molecule has 0 aliphatic heterocycles. The van der Waals surface area contributed by atoms with Gasteiger partial charge < -0.3 is 9.30 Å². The summed E-state index contributed by atoms with van der Waals surface area (Å²) in [5.74, 6) is 0.832. The molecule has 0 aliphatic rings. The molecule has 2 aromatic carbocycles. The molecule has 0 saturated heterocycles. The van der Waals surface area contributed by atoms with E-state index in [0.717, 1.165) is 36.6 Å². The lowest BCUT2D eigenvalue weighted by atomic mass is 9.93. The largest absolute Gasteiger partial charge is 0.488 e. The fourth-order valence-corrected chi connectivity index (χ4v) is 3.11. The average molecular weight is 389 g/mol. The Bertz CT molecular complexity index is 801. The maximum atomic E-state index is 6.38. The van der Waals surface area contributed by atoms with Crippen LogP contribution in [0.2, 0.25) is 10.0 Å². The molecule has 1 aromatic heterocycles. The number of rotatable bonds is 8. The Kier molecular flexibility index (Phi) is 6.23. The first kappa shape index (κ1) is 18.8. The molecule has 0 saturated carbocycles. The molecule has 1 unspecified atom stereocenters. The van der Waals surface area contributed by atoms with Gasteiger partial charge >= 0.3 is 0 Å². The average Bonchev–Trinajstić information content (AvgIpc) is 3.16. The molecule has 136 valence electrons. The van der Waals surface area contributed by atoms with Crippen molar-refractivity contribution in [3.63, 3.8) is 0 Å². The number of ether oxygens (including phenoxy) is 1. The zero-order valence-corrected chi connectivity index (χ0v) is 16.2. The first-order valence-corrected chi connectivity index (χ1v) is 9.43. The Hall–Kier alpha value is -1.97. The van der Waals surface area contributed by atoms with Crippen molar-refractivity contribution in [2.45, 2.75) is 38.3 Å². The van der Waals surface area contributed by atoms with Gasteiger partial charge in [-0.3, -0.25) is 0 Å². The molecule has 0 N–H and O–H groups in total. The Morgan fingerprint density at radius 2 is 1.62 bits per heavy atom. The number of nitrogens with zero attached hydrogens (tertiary/aromatic N) is 2. The second kappa shape index (κ2) is 8.61. The summed E-state index contributed by atoms with van der Waals surface area (Å²) in [6, 6.07) is 15.5. The standard InChI is InChI=1S/C21H22Cl2N2O/c1-21(12-14-25-15-13-24-16-25,26-20-8-6-19(23)7-9-20)11-10-17-2-4-18(22)5-3-17/h2-9,13,15-16H,10-12,14H2,1H3. The highest BCUT2D eigenvalue weighted by molar-refractivity contribution is 6.30.